The van der Waals surface area contributed by atoms with Crippen LogP contribution in [0.25, 0.3) is 0 Å². The molecule has 7 heteroatoms. The molecule has 2 aliphatic rings. The fourth-order valence-electron chi connectivity index (χ4n) is 4.02. The number of morpholine rings is 1. The fourth-order valence-corrected chi connectivity index (χ4v) is 4.02. The van der Waals surface area contributed by atoms with Gasteiger partial charge in [0.05, 0.1) is 25.4 Å². The van der Waals surface area contributed by atoms with Gasteiger partial charge < -0.3 is 14.6 Å². The summed E-state index contributed by atoms with van der Waals surface area (Å²) >= 11 is 0. The predicted octanol–water partition coefficient (Wildman–Crippen LogP) is 1.23. The predicted molar refractivity (Wildman–Crippen MR) is 106 cm³/mol. The van der Waals surface area contributed by atoms with Gasteiger partial charge in [-0.25, -0.2) is 0 Å². The smallest absolute Gasteiger partial charge is 0.119 e. The number of hydrogen-bond donors (Lipinski definition) is 1. The van der Waals surface area contributed by atoms with E-state index in [9.17, 15) is 5.11 Å². The minimum absolute atomic E-state index is 0.599. The molecule has 152 valence electrons. The van der Waals surface area contributed by atoms with Crippen molar-refractivity contribution in [3.8, 4) is 5.75 Å². The van der Waals surface area contributed by atoms with E-state index in [0.717, 1.165) is 71.2 Å². The molecule has 0 spiro atoms. The number of nitrogens with zero attached hydrogens (tertiary/aromatic N) is 4. The maximum atomic E-state index is 11.0. The van der Waals surface area contributed by atoms with Gasteiger partial charge in [0.1, 0.15) is 12.4 Å². The lowest BCUT2D eigenvalue weighted by atomic mass is 10.0. The number of aromatic nitrogens is 2. The molecule has 7 nitrogen and oxygen atoms in total. The molecular weight excluding hydrogens is 356 g/mol. The van der Waals surface area contributed by atoms with E-state index in [-0.39, 0.29) is 0 Å². The molecular formula is C21H30N4O3. The second-order valence-corrected chi connectivity index (χ2v) is 7.84. The highest BCUT2D eigenvalue weighted by Crippen LogP contribution is 2.25. The van der Waals surface area contributed by atoms with Crippen LogP contribution in [-0.2, 0) is 17.8 Å². The molecule has 0 saturated carbocycles. The molecule has 0 amide bonds. The molecule has 1 aromatic carbocycles. The first-order valence-electron chi connectivity index (χ1n) is 10.1. The first-order chi connectivity index (χ1) is 13.7. The average Bonchev–Trinajstić information content (AvgIpc) is 3.34. The van der Waals surface area contributed by atoms with E-state index in [4.69, 9.17) is 9.47 Å². The molecule has 1 unspecified atom stereocenters. The van der Waals surface area contributed by atoms with E-state index in [0.29, 0.717) is 6.61 Å². The molecule has 0 bridgehead atoms. The third-order valence-electron chi connectivity index (χ3n) is 5.51. The molecule has 1 aromatic heterocycles. The van der Waals surface area contributed by atoms with Gasteiger partial charge in [-0.05, 0) is 30.2 Å². The zero-order valence-electron chi connectivity index (χ0n) is 16.4. The highest BCUT2D eigenvalue weighted by Gasteiger charge is 2.37. The van der Waals surface area contributed by atoms with E-state index in [2.05, 4.69) is 27.0 Å². The maximum Gasteiger partial charge on any atom is 0.119 e. The van der Waals surface area contributed by atoms with Crippen LogP contribution in [0.4, 0.5) is 0 Å². The zero-order chi connectivity index (χ0) is 19.2. The van der Waals surface area contributed by atoms with Gasteiger partial charge in [-0.3, -0.25) is 14.5 Å². The van der Waals surface area contributed by atoms with Crippen molar-refractivity contribution in [2.75, 3.05) is 52.5 Å². The lowest BCUT2D eigenvalue weighted by molar-refractivity contribution is -0.0266. The van der Waals surface area contributed by atoms with Gasteiger partial charge in [-0.2, -0.15) is 5.10 Å². The van der Waals surface area contributed by atoms with Crippen molar-refractivity contribution in [2.24, 2.45) is 0 Å². The Hall–Kier alpha value is -1.93. The molecule has 28 heavy (non-hydrogen) atoms. The normalized spacial score (nSPS) is 23.9. The molecule has 1 atom stereocenters. The van der Waals surface area contributed by atoms with Crippen molar-refractivity contribution in [1.29, 1.82) is 0 Å². The Morgan fingerprint density at radius 2 is 1.93 bits per heavy atom. The van der Waals surface area contributed by atoms with Gasteiger partial charge >= 0.3 is 0 Å². The molecule has 1 N–H and O–H groups in total. The van der Waals surface area contributed by atoms with Crippen molar-refractivity contribution in [3.63, 3.8) is 0 Å². The first-order valence-corrected chi connectivity index (χ1v) is 10.1. The minimum Gasteiger partial charge on any atom is -0.492 e. The third-order valence-corrected chi connectivity index (χ3v) is 5.51. The molecule has 2 fully saturated rings. The summed E-state index contributed by atoms with van der Waals surface area (Å²) in [5.74, 6) is 0.876. The van der Waals surface area contributed by atoms with Gasteiger partial charge in [0.25, 0.3) is 0 Å². The molecule has 4 rings (SSSR count). The Kier molecular flexibility index (Phi) is 6.26. The van der Waals surface area contributed by atoms with E-state index in [1.54, 1.807) is 6.20 Å². The largest absolute Gasteiger partial charge is 0.492 e. The van der Waals surface area contributed by atoms with Crippen LogP contribution in [0.15, 0.2) is 42.7 Å². The van der Waals surface area contributed by atoms with Crippen molar-refractivity contribution in [1.82, 2.24) is 19.6 Å². The lowest BCUT2D eigenvalue weighted by Crippen LogP contribution is -2.48. The highest BCUT2D eigenvalue weighted by molar-refractivity contribution is 5.27. The Bertz CT molecular complexity index is 716. The summed E-state index contributed by atoms with van der Waals surface area (Å²) < 4.78 is 13.1. The van der Waals surface area contributed by atoms with Gasteiger partial charge in [0.15, 0.2) is 0 Å². The van der Waals surface area contributed by atoms with Crippen LogP contribution in [0.2, 0.25) is 0 Å². The van der Waals surface area contributed by atoms with Crippen LogP contribution in [0.3, 0.4) is 0 Å². The molecule has 2 aromatic rings. The number of likely N-dealkylation sites (tertiary alicyclic amines) is 1. The summed E-state index contributed by atoms with van der Waals surface area (Å²) in [4.78, 5) is 4.66. The summed E-state index contributed by atoms with van der Waals surface area (Å²) in [5, 5.41) is 15.1. The molecule has 3 heterocycles. The van der Waals surface area contributed by atoms with Crippen molar-refractivity contribution >= 4 is 0 Å². The Morgan fingerprint density at radius 1 is 1.11 bits per heavy atom. The van der Waals surface area contributed by atoms with Crippen LogP contribution in [0.1, 0.15) is 12.0 Å². The Morgan fingerprint density at radius 3 is 2.68 bits per heavy atom. The summed E-state index contributed by atoms with van der Waals surface area (Å²) in [6, 6.07) is 10.2. The molecule has 0 radical (unpaired) electrons. The van der Waals surface area contributed by atoms with E-state index in [1.807, 2.05) is 29.1 Å². The standard InChI is InChI=1S/C21H30N4O3/c26-21(17-23-10-13-27-14-11-23)6-9-24(18-21)16-19-2-4-20(5-3-19)28-15-12-25-8-1-7-22-25/h1-5,7-8,26H,6,9-18H2. The number of rotatable bonds is 8. The summed E-state index contributed by atoms with van der Waals surface area (Å²) in [6.07, 6.45) is 4.54. The van der Waals surface area contributed by atoms with Crippen LogP contribution in [-0.4, -0.2) is 82.8 Å². The zero-order valence-corrected chi connectivity index (χ0v) is 16.4. The fraction of sp³-hybridized carbons (Fsp3) is 0.571. The number of hydrogen-bond acceptors (Lipinski definition) is 6. The molecule has 0 aliphatic carbocycles. The first kappa shape index (κ1) is 19.4. The number of β-amino-alcohol motifs (C(OH)–C–C–N with tert-alkyl or cyclic N) is 1. The molecule has 2 aliphatic heterocycles. The van der Waals surface area contributed by atoms with E-state index in [1.165, 1.54) is 5.56 Å². The monoisotopic (exact) mass is 386 g/mol. The van der Waals surface area contributed by atoms with Crippen molar-refractivity contribution in [3.05, 3.63) is 48.3 Å². The third kappa shape index (κ3) is 5.32. The van der Waals surface area contributed by atoms with Crippen LogP contribution in [0, 0.1) is 0 Å². The SMILES string of the molecule is OC1(CN2CCOCC2)CCN(Cc2ccc(OCCn3cccn3)cc2)C1. The number of aliphatic hydroxyl groups is 1. The quantitative estimate of drug-likeness (QED) is 0.736. The summed E-state index contributed by atoms with van der Waals surface area (Å²) in [7, 11) is 0. The maximum absolute atomic E-state index is 11.0. The van der Waals surface area contributed by atoms with Crippen molar-refractivity contribution in [2.45, 2.75) is 25.1 Å². The Balaban J connectivity index is 1.22. The van der Waals surface area contributed by atoms with Gasteiger partial charge in [0, 0.05) is 51.7 Å². The number of ether oxygens (including phenoxy) is 2. The molecule has 2 saturated heterocycles. The topological polar surface area (TPSA) is 63.0 Å². The Labute approximate surface area is 166 Å². The van der Waals surface area contributed by atoms with Gasteiger partial charge in [-0.1, -0.05) is 12.1 Å². The second-order valence-electron chi connectivity index (χ2n) is 7.84. The van der Waals surface area contributed by atoms with Crippen molar-refractivity contribution < 1.29 is 14.6 Å². The van der Waals surface area contributed by atoms with Gasteiger partial charge in [0.2, 0.25) is 0 Å². The second kappa shape index (κ2) is 9.05. The van der Waals surface area contributed by atoms with E-state index < -0.39 is 5.60 Å². The highest BCUT2D eigenvalue weighted by atomic mass is 16.5. The summed E-state index contributed by atoms with van der Waals surface area (Å²) in [6.45, 7) is 8.00. The average molecular weight is 386 g/mol. The summed E-state index contributed by atoms with van der Waals surface area (Å²) in [5.41, 5.74) is 0.641. The minimum atomic E-state index is -0.604. The van der Waals surface area contributed by atoms with Crippen LogP contribution >= 0.6 is 0 Å². The number of benzene rings is 1. The van der Waals surface area contributed by atoms with Gasteiger partial charge in [-0.15, -0.1) is 0 Å². The van der Waals surface area contributed by atoms with E-state index >= 15 is 0 Å². The lowest BCUT2D eigenvalue weighted by Gasteiger charge is -2.33. The van der Waals surface area contributed by atoms with Crippen LogP contribution < -0.4 is 4.74 Å². The van der Waals surface area contributed by atoms with Crippen LogP contribution in [0.5, 0.6) is 5.75 Å².